The molecule has 0 aromatic carbocycles. The van der Waals surface area contributed by atoms with Gasteiger partial charge in [-0.2, -0.15) is 10.2 Å². The second kappa shape index (κ2) is 4.86. The van der Waals surface area contributed by atoms with Crippen molar-refractivity contribution in [1.29, 1.82) is 0 Å². The average molecular weight is 334 g/mol. The molecule has 10 nitrogen and oxygen atoms in total. The van der Waals surface area contributed by atoms with Crippen molar-refractivity contribution in [3.05, 3.63) is 23.7 Å². The first-order chi connectivity index (χ1) is 11.4. The summed E-state index contributed by atoms with van der Waals surface area (Å²) >= 11 is 0. The summed E-state index contributed by atoms with van der Waals surface area (Å²) in [5.41, 5.74) is 6.17. The normalized spacial score (nSPS) is 32.5. The Morgan fingerprint density at radius 1 is 1.46 bits per heavy atom. The van der Waals surface area contributed by atoms with Crippen LogP contribution in [0.4, 0.5) is 5.82 Å². The number of rotatable bonds is 2. The number of ether oxygens (including phenoxy) is 1. The van der Waals surface area contributed by atoms with Crippen molar-refractivity contribution in [2.24, 2.45) is 10.8 Å². The Labute approximate surface area is 136 Å². The van der Waals surface area contributed by atoms with Crippen molar-refractivity contribution in [1.82, 2.24) is 14.6 Å². The molecule has 1 unspecified atom stereocenters. The number of hydrazone groups is 1. The minimum absolute atomic E-state index is 0.292. The van der Waals surface area contributed by atoms with Crippen LogP contribution in [0.3, 0.4) is 0 Å². The number of nitrogens with two attached hydrogens (primary N) is 1. The predicted octanol–water partition coefficient (Wildman–Crippen LogP) is -1.66. The number of hydrogen-bond donors (Lipinski definition) is 4. The molecule has 0 aliphatic carbocycles. The Morgan fingerprint density at radius 3 is 2.88 bits per heavy atom. The lowest BCUT2D eigenvalue weighted by molar-refractivity contribution is -0.0664. The molecule has 0 bridgehead atoms. The van der Waals surface area contributed by atoms with E-state index < -0.39 is 30.5 Å². The number of aliphatic hydroxyl groups is 3. The Hall–Kier alpha value is -2.27. The number of amidine groups is 1. The van der Waals surface area contributed by atoms with Gasteiger partial charge in [-0.1, -0.05) is 0 Å². The molecule has 2 aromatic rings. The Morgan fingerprint density at radius 2 is 2.21 bits per heavy atom. The molecule has 0 radical (unpaired) electrons. The van der Waals surface area contributed by atoms with Crippen LogP contribution >= 0.6 is 0 Å². The molecule has 4 atom stereocenters. The van der Waals surface area contributed by atoms with Gasteiger partial charge in [0, 0.05) is 12.6 Å². The van der Waals surface area contributed by atoms with Crippen LogP contribution in [-0.2, 0) is 4.74 Å². The predicted molar refractivity (Wildman–Crippen MR) is 83.4 cm³/mol. The van der Waals surface area contributed by atoms with Crippen molar-refractivity contribution >= 4 is 17.2 Å². The highest BCUT2D eigenvalue weighted by atomic mass is 16.6. The van der Waals surface area contributed by atoms with Crippen molar-refractivity contribution in [2.75, 3.05) is 18.7 Å². The molecular weight excluding hydrogens is 316 g/mol. The molecule has 2 aromatic heterocycles. The van der Waals surface area contributed by atoms with E-state index in [4.69, 9.17) is 10.5 Å². The minimum Gasteiger partial charge on any atom is -0.394 e. The van der Waals surface area contributed by atoms with E-state index in [-0.39, 0.29) is 0 Å². The Kier molecular flexibility index (Phi) is 3.09. The molecule has 4 rings (SSSR count). The van der Waals surface area contributed by atoms with Gasteiger partial charge in [0.2, 0.25) is 0 Å². The molecule has 0 amide bonds. The summed E-state index contributed by atoms with van der Waals surface area (Å²) in [6, 6.07) is 1.71. The van der Waals surface area contributed by atoms with Gasteiger partial charge in [0.05, 0.1) is 12.3 Å². The Bertz CT molecular complexity index is 847. The van der Waals surface area contributed by atoms with Crippen molar-refractivity contribution in [2.45, 2.75) is 30.8 Å². The zero-order chi connectivity index (χ0) is 17.2. The van der Waals surface area contributed by atoms with Crippen LogP contribution in [0.25, 0.3) is 5.52 Å². The van der Waals surface area contributed by atoms with Crippen molar-refractivity contribution in [3.8, 4) is 0 Å². The van der Waals surface area contributed by atoms with Gasteiger partial charge in [-0.05, 0) is 13.0 Å². The van der Waals surface area contributed by atoms with Crippen LogP contribution in [0.15, 0.2) is 17.5 Å². The monoisotopic (exact) mass is 334 g/mol. The van der Waals surface area contributed by atoms with Gasteiger partial charge in [0.15, 0.2) is 11.7 Å². The number of nitrogens with zero attached hydrogens (tertiary/aromatic N) is 5. The van der Waals surface area contributed by atoms with E-state index in [1.54, 1.807) is 22.6 Å². The van der Waals surface area contributed by atoms with Crippen LogP contribution in [0.5, 0.6) is 0 Å². The number of anilines is 1. The molecule has 2 aliphatic heterocycles. The summed E-state index contributed by atoms with van der Waals surface area (Å²) in [5.74, 6) is 0.859. The zero-order valence-corrected chi connectivity index (χ0v) is 13.2. The lowest BCUT2D eigenvalue weighted by Gasteiger charge is -2.26. The highest BCUT2D eigenvalue weighted by molar-refractivity contribution is 6.08. The summed E-state index contributed by atoms with van der Waals surface area (Å²) in [5, 5.41) is 40.3. The molecular formula is C14H18N6O4. The second-order valence-electron chi connectivity index (χ2n) is 6.24. The molecule has 5 N–H and O–H groups in total. The largest absolute Gasteiger partial charge is 0.394 e. The third-order valence-corrected chi connectivity index (χ3v) is 4.64. The summed E-state index contributed by atoms with van der Waals surface area (Å²) in [4.78, 5) is 4.21. The lowest BCUT2D eigenvalue weighted by atomic mass is 9.91. The van der Waals surface area contributed by atoms with Crippen LogP contribution in [-0.4, -0.2) is 67.2 Å². The molecule has 0 saturated carbocycles. The fourth-order valence-electron chi connectivity index (χ4n) is 3.37. The number of aromatic nitrogens is 3. The SMILES string of the molecule is CN1N=C(N)c2cc(C3O[C@H](CO)[C@@H](O)[C@@]3(C)O)n3ncnc1c23. The first-order valence-corrected chi connectivity index (χ1v) is 7.47. The van der Waals surface area contributed by atoms with E-state index in [1.165, 1.54) is 13.3 Å². The smallest absolute Gasteiger partial charge is 0.177 e. The molecule has 4 heterocycles. The topological polar surface area (TPSA) is 142 Å². The minimum atomic E-state index is -1.60. The number of hydrogen-bond acceptors (Lipinski definition) is 9. The molecule has 10 heteroatoms. The average Bonchev–Trinajstić information content (AvgIpc) is 3.03. The van der Waals surface area contributed by atoms with E-state index in [9.17, 15) is 15.3 Å². The standard InChI is InChI=1S/C14H18N6O4/c1-14(23)10(22)8(4-21)24-11(14)7-3-6-9-13(16-5-17-20(7)9)19(2)18-12(6)15/h3,5,8,10-11,21-23H,4H2,1-2H3,(H2,15,18)/t8-,10-,11?,14-/m1/s1. The second-order valence-corrected chi connectivity index (χ2v) is 6.24. The van der Waals surface area contributed by atoms with Gasteiger partial charge in [0.1, 0.15) is 35.8 Å². The highest BCUT2D eigenvalue weighted by Gasteiger charge is 2.53. The number of aliphatic hydroxyl groups excluding tert-OH is 2. The van der Waals surface area contributed by atoms with Crippen LogP contribution in [0.2, 0.25) is 0 Å². The summed E-state index contributed by atoms with van der Waals surface area (Å²) in [6.45, 7) is 1.05. The van der Waals surface area contributed by atoms with Gasteiger partial charge < -0.3 is 25.8 Å². The van der Waals surface area contributed by atoms with E-state index in [2.05, 4.69) is 15.2 Å². The van der Waals surface area contributed by atoms with Gasteiger partial charge >= 0.3 is 0 Å². The first kappa shape index (κ1) is 15.3. The first-order valence-electron chi connectivity index (χ1n) is 7.47. The van der Waals surface area contributed by atoms with Gasteiger partial charge in [0.25, 0.3) is 0 Å². The third kappa shape index (κ3) is 1.82. The molecule has 2 aliphatic rings. The van der Waals surface area contributed by atoms with E-state index in [1.807, 2.05) is 0 Å². The van der Waals surface area contributed by atoms with Crippen molar-refractivity contribution in [3.63, 3.8) is 0 Å². The summed E-state index contributed by atoms with van der Waals surface area (Å²) in [6.07, 6.45) is -1.65. The Balaban J connectivity index is 1.93. The lowest BCUT2D eigenvalue weighted by Crippen LogP contribution is -2.43. The maximum absolute atomic E-state index is 10.7. The van der Waals surface area contributed by atoms with E-state index in [0.717, 1.165) is 0 Å². The highest BCUT2D eigenvalue weighted by Crippen LogP contribution is 2.43. The van der Waals surface area contributed by atoms with Crippen molar-refractivity contribution < 1.29 is 20.1 Å². The molecule has 1 fully saturated rings. The maximum atomic E-state index is 10.7. The fourth-order valence-corrected chi connectivity index (χ4v) is 3.37. The third-order valence-electron chi connectivity index (χ3n) is 4.64. The summed E-state index contributed by atoms with van der Waals surface area (Å²) in [7, 11) is 1.72. The van der Waals surface area contributed by atoms with Gasteiger partial charge in [-0.25, -0.2) is 14.5 Å². The maximum Gasteiger partial charge on any atom is 0.177 e. The van der Waals surface area contributed by atoms with Crippen LogP contribution in [0, 0.1) is 0 Å². The van der Waals surface area contributed by atoms with Crippen LogP contribution < -0.4 is 10.7 Å². The fraction of sp³-hybridized carbons (Fsp3) is 0.500. The van der Waals surface area contributed by atoms with E-state index in [0.29, 0.717) is 28.4 Å². The van der Waals surface area contributed by atoms with Gasteiger partial charge in [-0.3, -0.25) is 0 Å². The molecule has 0 spiro atoms. The van der Waals surface area contributed by atoms with Gasteiger partial charge in [-0.15, -0.1) is 0 Å². The molecule has 128 valence electrons. The zero-order valence-electron chi connectivity index (χ0n) is 13.2. The van der Waals surface area contributed by atoms with E-state index >= 15 is 0 Å². The molecule has 24 heavy (non-hydrogen) atoms. The summed E-state index contributed by atoms with van der Waals surface area (Å²) < 4.78 is 7.26. The molecule has 1 saturated heterocycles. The quantitative estimate of drug-likeness (QED) is 0.511. The van der Waals surface area contributed by atoms with Crippen LogP contribution in [0.1, 0.15) is 24.3 Å².